The number of rotatable bonds is 2. The van der Waals surface area contributed by atoms with Crippen molar-refractivity contribution in [2.45, 2.75) is 0 Å². The predicted molar refractivity (Wildman–Crippen MR) is 84.3 cm³/mol. The molecule has 0 saturated carbocycles. The van der Waals surface area contributed by atoms with Gasteiger partial charge >= 0.3 is 0 Å². The van der Waals surface area contributed by atoms with E-state index in [1.165, 1.54) is 0 Å². The van der Waals surface area contributed by atoms with Crippen molar-refractivity contribution < 1.29 is 0 Å². The van der Waals surface area contributed by atoms with Crippen molar-refractivity contribution in [1.82, 2.24) is 14.5 Å². The van der Waals surface area contributed by atoms with Gasteiger partial charge in [0.1, 0.15) is 5.69 Å². The molecule has 2 aromatic carbocycles. The Morgan fingerprint density at radius 1 is 0.714 bits per heavy atom. The van der Waals surface area contributed by atoms with Crippen molar-refractivity contribution in [2.24, 2.45) is 0 Å². The summed E-state index contributed by atoms with van der Waals surface area (Å²) in [6.07, 6.45) is 1.80. The van der Waals surface area contributed by atoms with Crippen molar-refractivity contribution in [2.75, 3.05) is 0 Å². The number of pyridine rings is 1. The van der Waals surface area contributed by atoms with Gasteiger partial charge in [-0.1, -0.05) is 36.4 Å². The van der Waals surface area contributed by atoms with E-state index in [9.17, 15) is 0 Å². The molecule has 0 aliphatic carbocycles. The van der Waals surface area contributed by atoms with Crippen LogP contribution in [0.25, 0.3) is 28.2 Å². The molecule has 3 nitrogen and oxygen atoms in total. The summed E-state index contributed by atoms with van der Waals surface area (Å²) in [6, 6.07) is 24.3. The van der Waals surface area contributed by atoms with Gasteiger partial charge in [-0.15, -0.1) is 0 Å². The van der Waals surface area contributed by atoms with E-state index >= 15 is 0 Å². The minimum Gasteiger partial charge on any atom is -0.291 e. The molecule has 21 heavy (non-hydrogen) atoms. The highest BCUT2D eigenvalue weighted by atomic mass is 15.1. The lowest BCUT2D eigenvalue weighted by Crippen LogP contribution is -1.98. The van der Waals surface area contributed by atoms with Crippen LogP contribution in [-0.2, 0) is 0 Å². The van der Waals surface area contributed by atoms with Crippen LogP contribution in [-0.4, -0.2) is 14.5 Å². The summed E-state index contributed by atoms with van der Waals surface area (Å²) in [5.74, 6) is 0.864. The normalized spacial score (nSPS) is 10.9. The molecule has 0 bridgehead atoms. The van der Waals surface area contributed by atoms with E-state index in [0.29, 0.717) is 0 Å². The van der Waals surface area contributed by atoms with Crippen molar-refractivity contribution in [1.29, 1.82) is 0 Å². The van der Waals surface area contributed by atoms with E-state index < -0.39 is 0 Å². The minimum atomic E-state index is 0.864. The van der Waals surface area contributed by atoms with E-state index in [1.54, 1.807) is 6.20 Å². The van der Waals surface area contributed by atoms with Crippen LogP contribution in [0.2, 0.25) is 0 Å². The number of imidazole rings is 1. The van der Waals surface area contributed by atoms with Gasteiger partial charge in [-0.25, -0.2) is 4.98 Å². The maximum Gasteiger partial charge on any atom is 0.164 e. The van der Waals surface area contributed by atoms with Gasteiger partial charge in [-0.2, -0.15) is 0 Å². The zero-order chi connectivity index (χ0) is 14.1. The Kier molecular flexibility index (Phi) is 2.75. The van der Waals surface area contributed by atoms with Gasteiger partial charge in [0, 0.05) is 11.9 Å². The molecule has 4 rings (SSSR count). The average molecular weight is 271 g/mol. The summed E-state index contributed by atoms with van der Waals surface area (Å²) in [4.78, 5) is 9.21. The van der Waals surface area contributed by atoms with Crippen LogP contribution in [0.3, 0.4) is 0 Å². The molecule has 0 atom stereocenters. The van der Waals surface area contributed by atoms with Crippen molar-refractivity contribution in [3.63, 3.8) is 0 Å². The highest BCUT2D eigenvalue weighted by Gasteiger charge is 2.14. The molecule has 100 valence electrons. The van der Waals surface area contributed by atoms with Crippen LogP contribution in [0.15, 0.2) is 79.0 Å². The first-order chi connectivity index (χ1) is 10.4. The molecule has 2 heterocycles. The molecule has 0 aliphatic rings. The summed E-state index contributed by atoms with van der Waals surface area (Å²) >= 11 is 0. The summed E-state index contributed by atoms with van der Waals surface area (Å²) in [6.45, 7) is 0. The molecule has 0 N–H and O–H groups in total. The number of benzene rings is 2. The molecule has 2 aromatic heterocycles. The zero-order valence-corrected chi connectivity index (χ0v) is 11.3. The predicted octanol–water partition coefficient (Wildman–Crippen LogP) is 4.09. The Balaban J connectivity index is 2.07. The van der Waals surface area contributed by atoms with E-state index in [0.717, 1.165) is 28.2 Å². The monoisotopic (exact) mass is 271 g/mol. The van der Waals surface area contributed by atoms with Gasteiger partial charge in [0.25, 0.3) is 0 Å². The molecule has 0 spiro atoms. The number of fused-ring (bicyclic) bond motifs is 1. The van der Waals surface area contributed by atoms with Gasteiger partial charge in [-0.3, -0.25) is 9.55 Å². The van der Waals surface area contributed by atoms with Crippen molar-refractivity contribution in [3.8, 4) is 17.2 Å². The Hall–Kier alpha value is -2.94. The molecule has 0 radical (unpaired) electrons. The molecular formula is C18H13N3. The maximum atomic E-state index is 4.76. The largest absolute Gasteiger partial charge is 0.291 e. The fourth-order valence-corrected chi connectivity index (χ4v) is 2.53. The second kappa shape index (κ2) is 4.87. The standard InChI is InChI=1S/C18H13N3/c1-2-8-14(9-3-1)21-17-12-5-4-10-15(17)20-18(21)16-11-6-7-13-19-16/h1-13H. The molecule has 0 amide bonds. The highest BCUT2D eigenvalue weighted by Crippen LogP contribution is 2.27. The molecule has 0 fully saturated rings. The lowest BCUT2D eigenvalue weighted by atomic mass is 10.2. The molecule has 0 aliphatic heterocycles. The van der Waals surface area contributed by atoms with Gasteiger partial charge in [0.2, 0.25) is 0 Å². The minimum absolute atomic E-state index is 0.864. The molecule has 3 heteroatoms. The Morgan fingerprint density at radius 3 is 2.29 bits per heavy atom. The van der Waals surface area contributed by atoms with E-state index in [1.807, 2.05) is 54.6 Å². The fraction of sp³-hybridized carbons (Fsp3) is 0. The maximum absolute atomic E-state index is 4.76. The first-order valence-electron chi connectivity index (χ1n) is 6.88. The Bertz CT molecular complexity index is 880. The van der Waals surface area contributed by atoms with E-state index in [-0.39, 0.29) is 0 Å². The third-order valence-electron chi connectivity index (χ3n) is 3.47. The second-order valence-electron chi connectivity index (χ2n) is 4.81. The molecule has 4 aromatic rings. The third kappa shape index (κ3) is 1.99. The second-order valence-corrected chi connectivity index (χ2v) is 4.81. The van der Waals surface area contributed by atoms with Crippen LogP contribution in [0.5, 0.6) is 0 Å². The summed E-state index contributed by atoms with van der Waals surface area (Å²) in [5, 5.41) is 0. The van der Waals surface area contributed by atoms with Crippen molar-refractivity contribution in [3.05, 3.63) is 79.0 Å². The number of aromatic nitrogens is 3. The van der Waals surface area contributed by atoms with Gasteiger partial charge in [0.15, 0.2) is 5.82 Å². The average Bonchev–Trinajstić information content (AvgIpc) is 2.96. The van der Waals surface area contributed by atoms with Crippen LogP contribution >= 0.6 is 0 Å². The smallest absolute Gasteiger partial charge is 0.164 e. The van der Waals surface area contributed by atoms with Crippen LogP contribution in [0, 0.1) is 0 Å². The molecule has 0 saturated heterocycles. The Labute approximate surface area is 122 Å². The topological polar surface area (TPSA) is 30.7 Å². The van der Waals surface area contributed by atoms with E-state index in [2.05, 4.69) is 27.8 Å². The van der Waals surface area contributed by atoms with Gasteiger partial charge in [-0.05, 0) is 36.4 Å². The fourth-order valence-electron chi connectivity index (χ4n) is 2.53. The highest BCUT2D eigenvalue weighted by molar-refractivity contribution is 5.82. The number of hydrogen-bond acceptors (Lipinski definition) is 2. The number of nitrogens with zero attached hydrogens (tertiary/aromatic N) is 3. The Morgan fingerprint density at radius 2 is 1.48 bits per heavy atom. The molecular weight excluding hydrogens is 258 g/mol. The number of hydrogen-bond donors (Lipinski definition) is 0. The van der Waals surface area contributed by atoms with Crippen LogP contribution in [0.4, 0.5) is 0 Å². The first-order valence-corrected chi connectivity index (χ1v) is 6.88. The van der Waals surface area contributed by atoms with Gasteiger partial charge < -0.3 is 0 Å². The van der Waals surface area contributed by atoms with Crippen LogP contribution in [0.1, 0.15) is 0 Å². The summed E-state index contributed by atoms with van der Waals surface area (Å²) in [7, 11) is 0. The zero-order valence-electron chi connectivity index (χ0n) is 11.3. The number of para-hydroxylation sites is 3. The van der Waals surface area contributed by atoms with Crippen LogP contribution < -0.4 is 0 Å². The lowest BCUT2D eigenvalue weighted by Gasteiger charge is -2.08. The van der Waals surface area contributed by atoms with Crippen molar-refractivity contribution >= 4 is 11.0 Å². The van der Waals surface area contributed by atoms with E-state index in [4.69, 9.17) is 4.98 Å². The first kappa shape index (κ1) is 11.9. The van der Waals surface area contributed by atoms with Gasteiger partial charge in [0.05, 0.1) is 11.0 Å². The summed E-state index contributed by atoms with van der Waals surface area (Å²) in [5.41, 5.74) is 4.02. The third-order valence-corrected chi connectivity index (χ3v) is 3.47. The quantitative estimate of drug-likeness (QED) is 0.550. The lowest BCUT2D eigenvalue weighted by molar-refractivity contribution is 1.08. The molecule has 0 unspecified atom stereocenters. The summed E-state index contributed by atoms with van der Waals surface area (Å²) < 4.78 is 2.15. The SMILES string of the molecule is c1ccc(-n2c(-c3ccccn3)nc3ccccc32)cc1.